The lowest BCUT2D eigenvalue weighted by Crippen LogP contribution is -2.63. The topological polar surface area (TPSA) is 99.2 Å². The minimum atomic E-state index is -1.09. The number of aliphatic carboxylic acids is 1. The van der Waals surface area contributed by atoms with Gasteiger partial charge in [0.05, 0.1) is 0 Å². The highest BCUT2D eigenvalue weighted by Gasteiger charge is 2.47. The molecular formula is C34H37N3O5. The molecule has 8 nitrogen and oxygen atoms in total. The summed E-state index contributed by atoms with van der Waals surface area (Å²) < 4.78 is 5.86. The van der Waals surface area contributed by atoms with Gasteiger partial charge in [-0.25, -0.2) is 4.79 Å². The zero-order valence-corrected chi connectivity index (χ0v) is 23.7. The minimum absolute atomic E-state index is 0.0431. The van der Waals surface area contributed by atoms with Crippen LogP contribution in [0.15, 0.2) is 78.9 Å². The molecule has 0 bridgehead atoms. The fourth-order valence-corrected chi connectivity index (χ4v) is 6.89. The average Bonchev–Trinajstić information content (AvgIpc) is 3.59. The summed E-state index contributed by atoms with van der Waals surface area (Å²) in [6.45, 7) is 3.15. The standard InChI is InChI=1S/C34H37N3O5/c38-31(39)20-25-14-17-37(22-25)32(40)34(15-18-36(19-16-34)21-24-8-2-1-3-9-24)35-33(41)42-23-30-28-12-6-4-10-26(28)27-11-5-7-13-29(27)30/h1-13,25,30H,14-23H2,(H,35,41)(H,38,39). The van der Waals surface area contributed by atoms with Gasteiger partial charge in [-0.2, -0.15) is 0 Å². The molecule has 6 rings (SSSR count). The molecule has 2 heterocycles. The van der Waals surface area contributed by atoms with E-state index in [2.05, 4.69) is 46.6 Å². The Morgan fingerprint density at radius 1 is 0.857 bits per heavy atom. The van der Waals surface area contributed by atoms with E-state index in [9.17, 15) is 19.5 Å². The molecule has 0 aromatic heterocycles. The predicted octanol–water partition coefficient (Wildman–Crippen LogP) is 4.88. The van der Waals surface area contributed by atoms with Crippen LogP contribution in [0, 0.1) is 5.92 Å². The van der Waals surface area contributed by atoms with E-state index in [-0.39, 0.29) is 30.8 Å². The van der Waals surface area contributed by atoms with E-state index in [1.54, 1.807) is 4.90 Å². The molecule has 218 valence electrons. The normalized spacial score (nSPS) is 19.6. The van der Waals surface area contributed by atoms with E-state index < -0.39 is 17.6 Å². The average molecular weight is 568 g/mol. The SMILES string of the molecule is O=C(O)CC1CCN(C(=O)C2(NC(=O)OCC3c4ccccc4-c4ccccc43)CCN(Cc3ccccc3)CC2)C1. The van der Waals surface area contributed by atoms with Crippen molar-refractivity contribution in [2.45, 2.75) is 43.7 Å². The van der Waals surface area contributed by atoms with Gasteiger partial charge in [-0.05, 0) is 53.0 Å². The quantitative estimate of drug-likeness (QED) is 0.403. The van der Waals surface area contributed by atoms with E-state index in [0.29, 0.717) is 45.4 Å². The van der Waals surface area contributed by atoms with Gasteiger partial charge in [0.25, 0.3) is 0 Å². The number of ether oxygens (including phenoxy) is 1. The van der Waals surface area contributed by atoms with Crippen LogP contribution < -0.4 is 5.32 Å². The highest BCUT2D eigenvalue weighted by atomic mass is 16.5. The molecule has 42 heavy (non-hydrogen) atoms. The molecule has 2 saturated heterocycles. The van der Waals surface area contributed by atoms with Crippen molar-refractivity contribution in [3.05, 3.63) is 95.6 Å². The molecule has 3 aromatic rings. The molecule has 0 radical (unpaired) electrons. The van der Waals surface area contributed by atoms with Crippen LogP contribution in [0.25, 0.3) is 11.1 Å². The van der Waals surface area contributed by atoms with Gasteiger partial charge in [-0.1, -0.05) is 78.9 Å². The summed E-state index contributed by atoms with van der Waals surface area (Å²) in [5, 5.41) is 12.3. The maximum atomic E-state index is 14.0. The van der Waals surface area contributed by atoms with E-state index in [1.807, 2.05) is 42.5 Å². The third kappa shape index (κ3) is 5.77. The number of nitrogens with one attached hydrogen (secondary N) is 1. The first-order valence-corrected chi connectivity index (χ1v) is 14.8. The van der Waals surface area contributed by atoms with Crippen molar-refractivity contribution in [3.63, 3.8) is 0 Å². The summed E-state index contributed by atoms with van der Waals surface area (Å²) >= 11 is 0. The van der Waals surface area contributed by atoms with Crippen molar-refractivity contribution >= 4 is 18.0 Å². The fourth-order valence-electron chi connectivity index (χ4n) is 6.89. The minimum Gasteiger partial charge on any atom is -0.481 e. The smallest absolute Gasteiger partial charge is 0.408 e. The number of hydrogen-bond acceptors (Lipinski definition) is 5. The van der Waals surface area contributed by atoms with Crippen molar-refractivity contribution in [3.8, 4) is 11.1 Å². The fraction of sp³-hybridized carbons (Fsp3) is 0.382. The van der Waals surface area contributed by atoms with E-state index in [1.165, 1.54) is 5.56 Å². The van der Waals surface area contributed by atoms with Crippen molar-refractivity contribution in [1.29, 1.82) is 0 Å². The molecule has 1 atom stereocenters. The molecular weight excluding hydrogens is 530 g/mol. The largest absolute Gasteiger partial charge is 0.481 e. The van der Waals surface area contributed by atoms with Crippen LogP contribution in [0.1, 0.15) is 48.3 Å². The van der Waals surface area contributed by atoms with Crippen LogP contribution in [0.2, 0.25) is 0 Å². The maximum Gasteiger partial charge on any atom is 0.408 e. The third-order valence-corrected chi connectivity index (χ3v) is 9.09. The predicted molar refractivity (Wildman–Crippen MR) is 159 cm³/mol. The molecule has 2 fully saturated rings. The molecule has 2 aliphatic heterocycles. The lowest BCUT2D eigenvalue weighted by atomic mass is 9.85. The van der Waals surface area contributed by atoms with Crippen molar-refractivity contribution in [2.75, 3.05) is 32.8 Å². The van der Waals surface area contributed by atoms with Gasteiger partial charge in [0.2, 0.25) is 5.91 Å². The summed E-state index contributed by atoms with van der Waals surface area (Å²) in [5.74, 6) is -1.13. The number of rotatable bonds is 8. The molecule has 3 aliphatic rings. The number of carbonyl (C=O) groups excluding carboxylic acids is 2. The molecule has 0 spiro atoms. The van der Waals surface area contributed by atoms with Gasteiger partial charge in [0.1, 0.15) is 12.1 Å². The molecule has 1 unspecified atom stereocenters. The Balaban J connectivity index is 1.16. The van der Waals surface area contributed by atoms with Gasteiger partial charge in [0.15, 0.2) is 0 Å². The van der Waals surface area contributed by atoms with Crippen molar-refractivity contribution in [2.24, 2.45) is 5.92 Å². The van der Waals surface area contributed by atoms with Gasteiger partial charge in [-0.3, -0.25) is 14.5 Å². The number of carbonyl (C=O) groups is 3. The number of likely N-dealkylation sites (tertiary alicyclic amines) is 2. The summed E-state index contributed by atoms with van der Waals surface area (Å²) in [6, 6.07) is 26.6. The van der Waals surface area contributed by atoms with Crippen LogP contribution in [-0.4, -0.2) is 71.2 Å². The Bertz CT molecular complexity index is 1400. The lowest BCUT2D eigenvalue weighted by molar-refractivity contribution is -0.141. The summed E-state index contributed by atoms with van der Waals surface area (Å²) in [5.41, 5.74) is 4.69. The van der Waals surface area contributed by atoms with E-state index in [4.69, 9.17) is 4.74 Å². The monoisotopic (exact) mass is 567 g/mol. The maximum absolute atomic E-state index is 14.0. The van der Waals surface area contributed by atoms with E-state index >= 15 is 0 Å². The molecule has 2 amide bonds. The molecule has 0 saturated carbocycles. The highest BCUT2D eigenvalue weighted by molar-refractivity contribution is 5.90. The number of alkyl carbamates (subject to hydrolysis) is 1. The number of carboxylic acid groups (broad SMARTS) is 1. The zero-order chi connectivity index (χ0) is 29.1. The second-order valence-corrected chi connectivity index (χ2v) is 11.8. The van der Waals surface area contributed by atoms with Crippen LogP contribution in [0.3, 0.4) is 0 Å². The van der Waals surface area contributed by atoms with Crippen LogP contribution in [0.5, 0.6) is 0 Å². The van der Waals surface area contributed by atoms with Gasteiger partial charge in [-0.15, -0.1) is 0 Å². The summed E-state index contributed by atoms with van der Waals surface area (Å²) in [7, 11) is 0. The Hall–Kier alpha value is -4.17. The number of nitrogens with zero attached hydrogens (tertiary/aromatic N) is 2. The number of benzene rings is 3. The first kappa shape index (κ1) is 28.0. The molecule has 8 heteroatoms. The summed E-state index contributed by atoms with van der Waals surface area (Å²) in [4.78, 5) is 42.8. The number of carboxylic acids is 1. The Morgan fingerprint density at radius 3 is 2.12 bits per heavy atom. The first-order valence-electron chi connectivity index (χ1n) is 14.8. The van der Waals surface area contributed by atoms with Crippen molar-refractivity contribution in [1.82, 2.24) is 15.1 Å². The van der Waals surface area contributed by atoms with Crippen LogP contribution in [-0.2, 0) is 20.9 Å². The molecule has 3 aromatic carbocycles. The number of amides is 2. The Morgan fingerprint density at radius 2 is 1.48 bits per heavy atom. The van der Waals surface area contributed by atoms with Crippen LogP contribution >= 0.6 is 0 Å². The second-order valence-electron chi connectivity index (χ2n) is 11.8. The first-order chi connectivity index (χ1) is 20.4. The Labute approximate surface area is 246 Å². The van der Waals surface area contributed by atoms with E-state index in [0.717, 1.165) is 28.8 Å². The third-order valence-electron chi connectivity index (χ3n) is 9.09. The number of piperidine rings is 1. The zero-order valence-electron chi connectivity index (χ0n) is 23.7. The number of fused-ring (bicyclic) bond motifs is 3. The van der Waals surface area contributed by atoms with Gasteiger partial charge >= 0.3 is 12.1 Å². The van der Waals surface area contributed by atoms with Gasteiger partial charge < -0.3 is 20.1 Å². The lowest BCUT2D eigenvalue weighted by Gasteiger charge is -2.42. The Kier molecular flexibility index (Phi) is 7.98. The van der Waals surface area contributed by atoms with Crippen LogP contribution in [0.4, 0.5) is 4.79 Å². The molecule has 1 aliphatic carbocycles. The van der Waals surface area contributed by atoms with Gasteiger partial charge in [0, 0.05) is 45.1 Å². The second kappa shape index (κ2) is 12.0. The number of hydrogen-bond donors (Lipinski definition) is 2. The summed E-state index contributed by atoms with van der Waals surface area (Å²) in [6.07, 6.45) is 1.02. The highest BCUT2D eigenvalue weighted by Crippen LogP contribution is 2.44. The van der Waals surface area contributed by atoms with Crippen molar-refractivity contribution < 1.29 is 24.2 Å². The molecule has 2 N–H and O–H groups in total.